The Morgan fingerprint density at radius 3 is 2.39 bits per heavy atom. The summed E-state index contributed by atoms with van der Waals surface area (Å²) in [6.07, 6.45) is -2.26. The van der Waals surface area contributed by atoms with Gasteiger partial charge < -0.3 is 19.5 Å². The number of anilines is 1. The molecule has 0 saturated heterocycles. The molecule has 7 nitrogen and oxygen atoms in total. The second-order valence-corrected chi connectivity index (χ2v) is 7.59. The molecule has 11 heteroatoms. The summed E-state index contributed by atoms with van der Waals surface area (Å²) in [5.74, 6) is -2.40. The van der Waals surface area contributed by atoms with Gasteiger partial charge >= 0.3 is 6.36 Å². The Hall–Kier alpha value is -4.15. The number of pyridine rings is 1. The molecule has 3 aromatic rings. The summed E-state index contributed by atoms with van der Waals surface area (Å²) in [7, 11) is 1.24. The molecule has 0 aliphatic carbocycles. The molecule has 0 spiro atoms. The molecular weight excluding hydrogens is 484 g/mol. The van der Waals surface area contributed by atoms with E-state index in [0.717, 1.165) is 24.6 Å². The first-order valence-corrected chi connectivity index (χ1v) is 10.7. The van der Waals surface area contributed by atoms with Gasteiger partial charge in [-0.05, 0) is 43.7 Å². The summed E-state index contributed by atoms with van der Waals surface area (Å²) in [6.45, 7) is 3.14. The van der Waals surface area contributed by atoms with Crippen molar-refractivity contribution >= 4 is 17.4 Å². The molecule has 3 rings (SSSR count). The number of benzene rings is 2. The Morgan fingerprint density at radius 1 is 1.00 bits per heavy atom. The van der Waals surface area contributed by atoms with E-state index in [9.17, 15) is 27.2 Å². The van der Waals surface area contributed by atoms with Gasteiger partial charge in [0.25, 0.3) is 5.91 Å². The molecule has 36 heavy (non-hydrogen) atoms. The summed E-state index contributed by atoms with van der Waals surface area (Å²) < 4.78 is 66.5. The van der Waals surface area contributed by atoms with Crippen LogP contribution in [0.1, 0.15) is 46.7 Å². The molecule has 2 aromatic carbocycles. The number of halogens is 4. The first kappa shape index (κ1) is 26.5. The lowest BCUT2D eigenvalue weighted by Gasteiger charge is -2.16. The molecular formula is C25H22F4N2O5. The number of rotatable bonds is 9. The number of aromatic nitrogens is 1. The molecule has 1 N–H and O–H groups in total. The molecule has 0 fully saturated rings. The third-order valence-electron chi connectivity index (χ3n) is 4.87. The van der Waals surface area contributed by atoms with Gasteiger partial charge in [0.1, 0.15) is 22.9 Å². The zero-order chi connectivity index (χ0) is 26.5. The maximum atomic E-state index is 13.8. The Balaban J connectivity index is 1.95. The minimum absolute atomic E-state index is 0.0128. The lowest BCUT2D eigenvalue weighted by Crippen LogP contribution is -2.17. The summed E-state index contributed by atoms with van der Waals surface area (Å²) >= 11 is 0. The van der Waals surface area contributed by atoms with E-state index in [-0.39, 0.29) is 34.1 Å². The number of ketones is 1. The van der Waals surface area contributed by atoms with Crippen LogP contribution in [0.4, 0.5) is 23.2 Å². The molecule has 0 aliphatic heterocycles. The van der Waals surface area contributed by atoms with Crippen LogP contribution in [0.25, 0.3) is 0 Å². The van der Waals surface area contributed by atoms with Gasteiger partial charge in [0.15, 0.2) is 17.3 Å². The molecule has 1 heterocycles. The van der Waals surface area contributed by atoms with Crippen molar-refractivity contribution in [3.8, 4) is 23.0 Å². The fourth-order valence-corrected chi connectivity index (χ4v) is 3.24. The second kappa shape index (κ2) is 11.1. The van der Waals surface area contributed by atoms with Gasteiger partial charge in [-0.15, -0.1) is 13.2 Å². The van der Waals surface area contributed by atoms with Gasteiger partial charge in [0, 0.05) is 29.7 Å². The summed E-state index contributed by atoms with van der Waals surface area (Å²) in [5.41, 5.74) is 0.579. The van der Waals surface area contributed by atoms with E-state index in [0.29, 0.717) is 12.1 Å². The van der Waals surface area contributed by atoms with E-state index in [4.69, 9.17) is 9.47 Å². The second-order valence-electron chi connectivity index (χ2n) is 7.59. The topological polar surface area (TPSA) is 86.8 Å². The van der Waals surface area contributed by atoms with Crippen LogP contribution in [-0.4, -0.2) is 30.1 Å². The minimum Gasteiger partial charge on any atom is -0.493 e. The highest BCUT2D eigenvalue weighted by Crippen LogP contribution is 2.37. The number of Topliss-reactive ketones (excluding diaryl/α,β-unsaturated/α-hetero) is 1. The minimum atomic E-state index is -4.89. The first-order chi connectivity index (χ1) is 17.0. The predicted octanol–water partition coefficient (Wildman–Crippen LogP) is 6.33. The lowest BCUT2D eigenvalue weighted by atomic mass is 10.1. The average Bonchev–Trinajstić information content (AvgIpc) is 2.80. The smallest absolute Gasteiger partial charge is 0.493 e. The SMILES string of the molecule is CCCc1cc(Oc2ccc(OC(F)(F)F)cc2OC)c(C(=O)Nc2ccc(F)c(C(C)=O)c2)cn1. The van der Waals surface area contributed by atoms with Gasteiger partial charge in [0.2, 0.25) is 0 Å². The number of aryl methyl sites for hydroxylation is 1. The van der Waals surface area contributed by atoms with Crippen molar-refractivity contribution in [1.82, 2.24) is 4.98 Å². The van der Waals surface area contributed by atoms with Crippen molar-refractivity contribution in [1.29, 1.82) is 0 Å². The zero-order valence-electron chi connectivity index (χ0n) is 19.5. The quantitative estimate of drug-likeness (QED) is 0.270. The van der Waals surface area contributed by atoms with Crippen LogP contribution in [0.15, 0.2) is 48.7 Å². The Morgan fingerprint density at radius 2 is 1.75 bits per heavy atom. The number of nitrogens with zero attached hydrogens (tertiary/aromatic N) is 1. The van der Waals surface area contributed by atoms with Gasteiger partial charge in [-0.1, -0.05) is 13.3 Å². The van der Waals surface area contributed by atoms with Crippen molar-refractivity contribution in [3.05, 3.63) is 71.3 Å². The van der Waals surface area contributed by atoms with Gasteiger partial charge in [0.05, 0.1) is 12.7 Å². The molecule has 0 atom stereocenters. The lowest BCUT2D eigenvalue weighted by molar-refractivity contribution is -0.274. The van der Waals surface area contributed by atoms with Gasteiger partial charge in [-0.25, -0.2) is 4.39 Å². The monoisotopic (exact) mass is 506 g/mol. The fraction of sp³-hybridized carbons (Fsp3) is 0.240. The van der Waals surface area contributed by atoms with E-state index in [1.807, 2.05) is 6.92 Å². The van der Waals surface area contributed by atoms with E-state index in [1.165, 1.54) is 44.5 Å². The Bertz CT molecular complexity index is 1280. The number of methoxy groups -OCH3 is 1. The standard InChI is InChI=1S/C25H22F4N2O5/c1-4-5-15-11-22(35-21-9-7-17(12-23(21)34-3)36-25(27,28)29)19(13-30-15)24(33)31-16-6-8-20(26)18(10-16)14(2)32/h6-13H,4-5H2,1-3H3,(H,31,33). The van der Waals surface area contributed by atoms with Crippen molar-refractivity contribution in [2.75, 3.05) is 12.4 Å². The maximum absolute atomic E-state index is 13.8. The van der Waals surface area contributed by atoms with Crippen molar-refractivity contribution in [3.63, 3.8) is 0 Å². The third kappa shape index (κ3) is 6.71. The molecule has 0 radical (unpaired) electrons. The van der Waals surface area contributed by atoms with E-state index in [1.54, 1.807) is 0 Å². The largest absolute Gasteiger partial charge is 0.573 e. The highest BCUT2D eigenvalue weighted by Gasteiger charge is 2.31. The Labute approximate surface area is 204 Å². The molecule has 1 amide bonds. The molecule has 0 bridgehead atoms. The van der Waals surface area contributed by atoms with Gasteiger partial charge in [-0.3, -0.25) is 14.6 Å². The van der Waals surface area contributed by atoms with Crippen LogP contribution in [0.3, 0.4) is 0 Å². The average molecular weight is 506 g/mol. The number of carbonyl (C=O) groups is 2. The zero-order valence-corrected chi connectivity index (χ0v) is 19.5. The number of ether oxygens (including phenoxy) is 3. The van der Waals surface area contributed by atoms with Crippen LogP contribution in [0.2, 0.25) is 0 Å². The van der Waals surface area contributed by atoms with E-state index >= 15 is 0 Å². The number of carbonyl (C=O) groups excluding carboxylic acids is 2. The molecule has 190 valence electrons. The van der Waals surface area contributed by atoms with E-state index in [2.05, 4.69) is 15.0 Å². The van der Waals surface area contributed by atoms with Crippen molar-refractivity contribution in [2.45, 2.75) is 33.1 Å². The normalized spacial score (nSPS) is 11.1. The van der Waals surface area contributed by atoms with Gasteiger partial charge in [-0.2, -0.15) is 0 Å². The van der Waals surface area contributed by atoms with Crippen LogP contribution in [0, 0.1) is 5.82 Å². The highest BCUT2D eigenvalue weighted by atomic mass is 19.4. The summed E-state index contributed by atoms with van der Waals surface area (Å²) in [6, 6.07) is 8.34. The number of nitrogens with one attached hydrogen (secondary N) is 1. The van der Waals surface area contributed by atoms with Crippen LogP contribution in [-0.2, 0) is 6.42 Å². The Kier molecular flexibility index (Phi) is 8.13. The van der Waals surface area contributed by atoms with Crippen LogP contribution < -0.4 is 19.5 Å². The number of hydrogen-bond acceptors (Lipinski definition) is 6. The first-order valence-electron chi connectivity index (χ1n) is 10.7. The molecule has 1 aromatic heterocycles. The van der Waals surface area contributed by atoms with Crippen LogP contribution >= 0.6 is 0 Å². The maximum Gasteiger partial charge on any atom is 0.573 e. The highest BCUT2D eigenvalue weighted by molar-refractivity contribution is 6.06. The predicted molar refractivity (Wildman–Crippen MR) is 122 cm³/mol. The molecule has 0 saturated carbocycles. The van der Waals surface area contributed by atoms with Crippen LogP contribution in [0.5, 0.6) is 23.0 Å². The number of alkyl halides is 3. The van der Waals surface area contributed by atoms with Crippen molar-refractivity contribution in [2.24, 2.45) is 0 Å². The summed E-state index contributed by atoms with van der Waals surface area (Å²) in [5, 5.41) is 2.57. The molecule has 0 unspecified atom stereocenters. The third-order valence-corrected chi connectivity index (χ3v) is 4.87. The molecule has 0 aliphatic rings. The van der Waals surface area contributed by atoms with Crippen molar-refractivity contribution < 1.29 is 41.4 Å². The summed E-state index contributed by atoms with van der Waals surface area (Å²) in [4.78, 5) is 28.9. The number of amides is 1. The van der Waals surface area contributed by atoms with E-state index < -0.39 is 29.6 Å². The number of hydrogen-bond donors (Lipinski definition) is 1. The fourth-order valence-electron chi connectivity index (χ4n) is 3.24.